The number of carbonyl (C=O) groups excluding carboxylic acids is 2. The zero-order chi connectivity index (χ0) is 17.3. The molecular formula is C18H22N2O4. The quantitative estimate of drug-likeness (QED) is 0.873. The molecule has 128 valence electrons. The number of furan rings is 1. The summed E-state index contributed by atoms with van der Waals surface area (Å²) in [4.78, 5) is 26.3. The van der Waals surface area contributed by atoms with E-state index in [2.05, 4.69) is 10.2 Å². The normalized spacial score (nSPS) is 21.8. The molecule has 0 bridgehead atoms. The van der Waals surface area contributed by atoms with Gasteiger partial charge in [-0.3, -0.25) is 14.5 Å². The Morgan fingerprint density at radius 3 is 2.54 bits per heavy atom. The number of anilines is 1. The van der Waals surface area contributed by atoms with Gasteiger partial charge in [-0.25, -0.2) is 0 Å². The van der Waals surface area contributed by atoms with Gasteiger partial charge in [-0.05, 0) is 26.0 Å². The van der Waals surface area contributed by atoms with Gasteiger partial charge in [0.15, 0.2) is 11.5 Å². The topological polar surface area (TPSA) is 71.8 Å². The summed E-state index contributed by atoms with van der Waals surface area (Å²) in [6.45, 7) is 7.11. The molecule has 0 spiro atoms. The fraction of sp³-hybridized carbons (Fsp3) is 0.444. The Morgan fingerprint density at radius 2 is 1.88 bits per heavy atom. The molecule has 2 heterocycles. The molecule has 1 N–H and O–H groups in total. The molecule has 0 radical (unpaired) electrons. The van der Waals surface area contributed by atoms with Crippen molar-refractivity contribution in [1.29, 1.82) is 0 Å². The van der Waals surface area contributed by atoms with Crippen molar-refractivity contribution in [2.45, 2.75) is 33.0 Å². The molecule has 6 heteroatoms. The number of ketones is 1. The van der Waals surface area contributed by atoms with Crippen molar-refractivity contribution < 1.29 is 18.7 Å². The second kappa shape index (κ2) is 6.75. The van der Waals surface area contributed by atoms with Gasteiger partial charge in [-0.2, -0.15) is 0 Å². The van der Waals surface area contributed by atoms with Crippen LogP contribution in [0.25, 0.3) is 11.0 Å². The largest absolute Gasteiger partial charge is 0.451 e. The summed E-state index contributed by atoms with van der Waals surface area (Å²) in [7, 11) is 0. The van der Waals surface area contributed by atoms with Crippen LogP contribution in [0.3, 0.4) is 0 Å². The molecule has 1 aliphatic heterocycles. The molecule has 2 atom stereocenters. The van der Waals surface area contributed by atoms with Crippen molar-refractivity contribution in [2.24, 2.45) is 0 Å². The molecule has 0 unspecified atom stereocenters. The van der Waals surface area contributed by atoms with Gasteiger partial charge in [0.05, 0.1) is 24.4 Å². The highest BCUT2D eigenvalue weighted by Crippen LogP contribution is 2.31. The highest BCUT2D eigenvalue weighted by molar-refractivity contribution is 6.11. The lowest BCUT2D eigenvalue weighted by atomic mass is 10.2. The molecule has 6 nitrogen and oxygen atoms in total. The Morgan fingerprint density at radius 1 is 1.21 bits per heavy atom. The molecule has 1 fully saturated rings. The van der Waals surface area contributed by atoms with Gasteiger partial charge in [0.1, 0.15) is 5.58 Å². The Hall–Kier alpha value is -2.18. The van der Waals surface area contributed by atoms with Crippen LogP contribution in [0.1, 0.15) is 31.3 Å². The molecule has 1 amide bonds. The van der Waals surface area contributed by atoms with Gasteiger partial charge in [-0.15, -0.1) is 0 Å². The van der Waals surface area contributed by atoms with Gasteiger partial charge < -0.3 is 14.5 Å². The first-order valence-electron chi connectivity index (χ1n) is 8.14. The van der Waals surface area contributed by atoms with Crippen molar-refractivity contribution in [2.75, 3.05) is 25.0 Å². The number of benzene rings is 1. The second-order valence-electron chi connectivity index (χ2n) is 6.36. The zero-order valence-corrected chi connectivity index (χ0v) is 14.2. The van der Waals surface area contributed by atoms with Crippen LogP contribution in [-0.2, 0) is 9.53 Å². The van der Waals surface area contributed by atoms with E-state index < -0.39 is 0 Å². The Kier molecular flexibility index (Phi) is 4.69. The number of nitrogens with zero attached hydrogens (tertiary/aromatic N) is 1. The minimum absolute atomic E-state index is 0.101. The summed E-state index contributed by atoms with van der Waals surface area (Å²) in [5.74, 6) is -0.186. The van der Waals surface area contributed by atoms with Crippen LogP contribution in [0, 0.1) is 0 Å². The fourth-order valence-electron chi connectivity index (χ4n) is 3.21. The molecule has 1 aliphatic rings. The minimum atomic E-state index is -0.213. The lowest BCUT2D eigenvalue weighted by molar-refractivity contribution is -0.121. The number of hydrogen-bond donors (Lipinski definition) is 1. The van der Waals surface area contributed by atoms with E-state index in [1.807, 2.05) is 32.0 Å². The third-order valence-electron chi connectivity index (χ3n) is 4.04. The molecule has 1 saturated heterocycles. The highest BCUT2D eigenvalue weighted by atomic mass is 16.5. The van der Waals surface area contributed by atoms with Crippen LogP contribution in [-0.4, -0.2) is 48.4 Å². The first-order valence-corrected chi connectivity index (χ1v) is 8.14. The number of amides is 1. The van der Waals surface area contributed by atoms with E-state index in [9.17, 15) is 9.59 Å². The molecule has 0 aliphatic carbocycles. The summed E-state index contributed by atoms with van der Waals surface area (Å²) in [5, 5.41) is 3.59. The number of rotatable bonds is 4. The van der Waals surface area contributed by atoms with Crippen LogP contribution in [0.5, 0.6) is 0 Å². The lowest BCUT2D eigenvalue weighted by Crippen LogP contribution is -2.48. The van der Waals surface area contributed by atoms with E-state index in [-0.39, 0.29) is 36.2 Å². The first-order chi connectivity index (χ1) is 11.4. The minimum Gasteiger partial charge on any atom is -0.451 e. The monoisotopic (exact) mass is 330 g/mol. The van der Waals surface area contributed by atoms with E-state index in [1.54, 1.807) is 6.07 Å². The molecule has 2 aromatic rings. The number of morpholine rings is 1. The van der Waals surface area contributed by atoms with Crippen LogP contribution in [0.4, 0.5) is 5.69 Å². The number of fused-ring (bicyclic) bond motifs is 1. The molecule has 1 aromatic carbocycles. The van der Waals surface area contributed by atoms with E-state index in [1.165, 1.54) is 6.92 Å². The third kappa shape index (κ3) is 3.49. The number of hydrogen-bond acceptors (Lipinski definition) is 5. The third-order valence-corrected chi connectivity index (χ3v) is 4.04. The van der Waals surface area contributed by atoms with Crippen LogP contribution in [0.15, 0.2) is 28.7 Å². The zero-order valence-electron chi connectivity index (χ0n) is 14.2. The SMILES string of the molecule is CC(=O)c1oc2ccccc2c1NC(=O)CN1C[C@H](C)O[C@@H](C)C1. The molecule has 0 saturated carbocycles. The lowest BCUT2D eigenvalue weighted by Gasteiger charge is -2.34. The van der Waals surface area contributed by atoms with Crippen molar-refractivity contribution in [3.05, 3.63) is 30.0 Å². The smallest absolute Gasteiger partial charge is 0.238 e. The number of ether oxygens (including phenoxy) is 1. The fourth-order valence-corrected chi connectivity index (χ4v) is 3.21. The summed E-state index contributed by atoms with van der Waals surface area (Å²) in [5.41, 5.74) is 1.05. The van der Waals surface area contributed by atoms with Gasteiger partial charge in [0.2, 0.25) is 5.91 Å². The standard InChI is InChI=1S/C18H22N2O4/c1-11-8-20(9-12(2)23-11)10-16(22)19-17-14-6-4-5-7-15(14)24-18(17)13(3)21/h4-7,11-12H,8-10H2,1-3H3,(H,19,22)/t11-,12-/m0/s1. The summed E-state index contributed by atoms with van der Waals surface area (Å²) < 4.78 is 11.3. The maximum atomic E-state index is 12.5. The number of carbonyl (C=O) groups is 2. The van der Waals surface area contributed by atoms with Gasteiger partial charge in [-0.1, -0.05) is 12.1 Å². The maximum absolute atomic E-state index is 12.5. The van der Waals surface area contributed by atoms with Crippen LogP contribution in [0.2, 0.25) is 0 Å². The number of nitrogens with one attached hydrogen (secondary N) is 1. The highest BCUT2D eigenvalue weighted by Gasteiger charge is 2.25. The predicted octanol–water partition coefficient (Wildman–Crippen LogP) is 2.68. The van der Waals surface area contributed by atoms with E-state index in [4.69, 9.17) is 9.15 Å². The van der Waals surface area contributed by atoms with Gasteiger partial charge >= 0.3 is 0 Å². The van der Waals surface area contributed by atoms with Gasteiger partial charge in [0, 0.05) is 25.4 Å². The molecule has 3 rings (SSSR count). The molecular weight excluding hydrogens is 308 g/mol. The van der Waals surface area contributed by atoms with Crippen molar-refractivity contribution in [1.82, 2.24) is 4.90 Å². The van der Waals surface area contributed by atoms with Crippen LogP contribution < -0.4 is 5.32 Å². The maximum Gasteiger partial charge on any atom is 0.238 e. The number of para-hydroxylation sites is 1. The summed E-state index contributed by atoms with van der Waals surface area (Å²) in [6.07, 6.45) is 0.202. The van der Waals surface area contributed by atoms with Gasteiger partial charge in [0.25, 0.3) is 0 Å². The average molecular weight is 330 g/mol. The average Bonchev–Trinajstić information content (AvgIpc) is 2.85. The Bertz CT molecular complexity index is 757. The molecule has 1 aromatic heterocycles. The number of Topliss-reactive ketones (excluding diaryl/α,β-unsaturated/α-hetero) is 1. The Labute approximate surface area is 140 Å². The van der Waals surface area contributed by atoms with E-state index >= 15 is 0 Å². The predicted molar refractivity (Wildman–Crippen MR) is 91.3 cm³/mol. The van der Waals surface area contributed by atoms with Crippen molar-refractivity contribution in [3.63, 3.8) is 0 Å². The van der Waals surface area contributed by atoms with Crippen molar-refractivity contribution >= 4 is 28.3 Å². The second-order valence-corrected chi connectivity index (χ2v) is 6.36. The summed E-state index contributed by atoms with van der Waals surface area (Å²) >= 11 is 0. The van der Waals surface area contributed by atoms with Crippen LogP contribution >= 0.6 is 0 Å². The van der Waals surface area contributed by atoms with E-state index in [0.717, 1.165) is 5.39 Å². The summed E-state index contributed by atoms with van der Waals surface area (Å²) in [6, 6.07) is 7.29. The molecule has 24 heavy (non-hydrogen) atoms. The Balaban J connectivity index is 1.78. The first kappa shape index (κ1) is 16.7. The van der Waals surface area contributed by atoms with E-state index in [0.29, 0.717) is 24.4 Å². The van der Waals surface area contributed by atoms with Crippen molar-refractivity contribution in [3.8, 4) is 0 Å².